The summed E-state index contributed by atoms with van der Waals surface area (Å²) in [6.07, 6.45) is 4.21. The summed E-state index contributed by atoms with van der Waals surface area (Å²) in [6.45, 7) is 4.17. The lowest BCUT2D eigenvalue weighted by Gasteiger charge is -2.10. The summed E-state index contributed by atoms with van der Waals surface area (Å²) in [5, 5.41) is 3.31. The van der Waals surface area contributed by atoms with Crippen LogP contribution in [0.25, 0.3) is 0 Å². The average molecular weight is 406 g/mol. The van der Waals surface area contributed by atoms with E-state index in [1.165, 1.54) is 43.5 Å². The molecule has 2 nitrogen and oxygen atoms in total. The number of ketones is 1. The van der Waals surface area contributed by atoms with Crippen LogP contribution in [-0.4, -0.2) is 18.9 Å². The zero-order valence-electron chi connectivity index (χ0n) is 15.0. The number of hydrogen-bond acceptors (Lipinski definition) is 2. The second-order valence-electron chi connectivity index (χ2n) is 6.46. The van der Waals surface area contributed by atoms with E-state index in [0.29, 0.717) is 11.1 Å². The van der Waals surface area contributed by atoms with Crippen molar-refractivity contribution in [2.24, 2.45) is 5.92 Å². The maximum atomic E-state index is 12.8. The van der Waals surface area contributed by atoms with Gasteiger partial charge in [-0.3, -0.25) is 4.79 Å². The van der Waals surface area contributed by atoms with Crippen LogP contribution in [0.5, 0.6) is 0 Å². The molecule has 0 amide bonds. The number of benzene rings is 2. The number of rotatable bonds is 5. The normalized spacial score (nSPS) is 14.4. The maximum Gasteiger partial charge on any atom is 0.194 e. The van der Waals surface area contributed by atoms with Crippen LogP contribution in [0.1, 0.15) is 47.7 Å². The molecule has 0 saturated heterocycles. The molecule has 134 valence electrons. The highest BCUT2D eigenvalue weighted by molar-refractivity contribution is 9.10. The fourth-order valence-corrected chi connectivity index (χ4v) is 3.27. The summed E-state index contributed by atoms with van der Waals surface area (Å²) < 4.78 is 13.5. The zero-order valence-corrected chi connectivity index (χ0v) is 16.6. The number of nitrogens with one attached hydrogen (secondary N) is 1. The van der Waals surface area contributed by atoms with Crippen molar-refractivity contribution in [1.29, 1.82) is 0 Å². The van der Waals surface area contributed by atoms with Crippen LogP contribution < -0.4 is 5.32 Å². The van der Waals surface area contributed by atoms with Gasteiger partial charge in [-0.2, -0.15) is 0 Å². The van der Waals surface area contributed by atoms with Crippen LogP contribution in [0.4, 0.5) is 4.39 Å². The minimum atomic E-state index is -0.343. The van der Waals surface area contributed by atoms with Gasteiger partial charge in [-0.05, 0) is 75.5 Å². The highest BCUT2D eigenvalue weighted by Crippen LogP contribution is 2.33. The molecule has 0 heterocycles. The van der Waals surface area contributed by atoms with Gasteiger partial charge in [-0.1, -0.05) is 34.5 Å². The van der Waals surface area contributed by atoms with E-state index in [4.69, 9.17) is 0 Å². The van der Waals surface area contributed by atoms with Crippen molar-refractivity contribution in [2.75, 3.05) is 7.05 Å². The summed E-state index contributed by atoms with van der Waals surface area (Å²) in [7, 11) is 2.06. The molecule has 0 spiro atoms. The minimum absolute atomic E-state index is 0.111. The number of hydrogen-bond donors (Lipinski definition) is 1. The lowest BCUT2D eigenvalue weighted by molar-refractivity contribution is 0.103. The van der Waals surface area contributed by atoms with E-state index in [-0.39, 0.29) is 11.6 Å². The van der Waals surface area contributed by atoms with Gasteiger partial charge in [-0.15, -0.1) is 0 Å². The van der Waals surface area contributed by atoms with Crippen molar-refractivity contribution < 1.29 is 9.18 Å². The minimum Gasteiger partial charge on any atom is -0.317 e. The molecule has 0 bridgehead atoms. The third-order valence-corrected chi connectivity index (χ3v) is 5.17. The van der Waals surface area contributed by atoms with E-state index in [1.807, 2.05) is 25.1 Å². The van der Waals surface area contributed by atoms with E-state index in [9.17, 15) is 9.18 Å². The highest BCUT2D eigenvalue weighted by atomic mass is 79.9. The predicted molar refractivity (Wildman–Crippen MR) is 105 cm³/mol. The van der Waals surface area contributed by atoms with Gasteiger partial charge in [0.05, 0.1) is 0 Å². The van der Waals surface area contributed by atoms with E-state index in [1.54, 1.807) is 0 Å². The smallest absolute Gasteiger partial charge is 0.194 e. The van der Waals surface area contributed by atoms with Crippen LogP contribution in [-0.2, 0) is 0 Å². The Morgan fingerprint density at radius 2 is 1.88 bits per heavy atom. The largest absolute Gasteiger partial charge is 0.317 e. The molecule has 1 atom stereocenters. The van der Waals surface area contributed by atoms with Gasteiger partial charge in [0.15, 0.2) is 5.78 Å². The summed E-state index contributed by atoms with van der Waals surface area (Å²) in [6, 6.07) is 12.0. The first-order valence-electron chi connectivity index (χ1n) is 8.70. The van der Waals surface area contributed by atoms with Crippen molar-refractivity contribution in [3.8, 4) is 0 Å². The summed E-state index contributed by atoms with van der Waals surface area (Å²) in [5.74, 6) is 0.565. The Labute approximate surface area is 158 Å². The zero-order chi connectivity index (χ0) is 18.4. The number of carbonyl (C=O) groups excluding carboxylic acids is 1. The first-order valence-corrected chi connectivity index (χ1v) is 9.49. The lowest BCUT2D eigenvalue weighted by atomic mass is 10.0. The molecule has 1 saturated carbocycles. The van der Waals surface area contributed by atoms with Crippen molar-refractivity contribution in [2.45, 2.75) is 39.2 Å². The molecule has 1 aliphatic rings. The van der Waals surface area contributed by atoms with Crippen molar-refractivity contribution in [1.82, 2.24) is 5.32 Å². The summed E-state index contributed by atoms with van der Waals surface area (Å²) in [5.41, 5.74) is 2.09. The molecule has 0 aliphatic heterocycles. The summed E-state index contributed by atoms with van der Waals surface area (Å²) >= 11 is 3.35. The predicted octanol–water partition coefficient (Wildman–Crippen LogP) is 5.52. The van der Waals surface area contributed by atoms with E-state index in [0.717, 1.165) is 22.0 Å². The monoisotopic (exact) mass is 405 g/mol. The SMILES string of the molecule is CCC(NC)C1CC1.Cc1ccc(Br)c(C(=O)c2ccc(F)cc2)c1. The van der Waals surface area contributed by atoms with Crippen LogP contribution in [0.15, 0.2) is 46.9 Å². The van der Waals surface area contributed by atoms with Crippen LogP contribution in [0.2, 0.25) is 0 Å². The molecule has 1 N–H and O–H groups in total. The molecule has 1 unspecified atom stereocenters. The van der Waals surface area contributed by atoms with Crippen LogP contribution in [0.3, 0.4) is 0 Å². The Kier molecular flexibility index (Phi) is 7.33. The summed E-state index contributed by atoms with van der Waals surface area (Å²) in [4.78, 5) is 12.2. The van der Waals surface area contributed by atoms with Gasteiger partial charge >= 0.3 is 0 Å². The Balaban J connectivity index is 0.000000236. The second kappa shape index (κ2) is 9.25. The van der Waals surface area contributed by atoms with Gasteiger partial charge in [0.1, 0.15) is 5.82 Å². The molecular formula is C21H25BrFNO. The fraction of sp³-hybridized carbons (Fsp3) is 0.381. The number of halogens is 2. The molecule has 0 radical (unpaired) electrons. The quantitative estimate of drug-likeness (QED) is 0.663. The molecule has 2 aromatic carbocycles. The van der Waals surface area contributed by atoms with E-state index < -0.39 is 0 Å². The van der Waals surface area contributed by atoms with Crippen LogP contribution >= 0.6 is 15.9 Å². The Hall–Kier alpha value is -1.52. The lowest BCUT2D eigenvalue weighted by Crippen LogP contribution is -2.25. The van der Waals surface area contributed by atoms with Crippen molar-refractivity contribution >= 4 is 21.7 Å². The second-order valence-corrected chi connectivity index (χ2v) is 7.31. The third-order valence-electron chi connectivity index (χ3n) is 4.47. The molecule has 4 heteroatoms. The first-order chi connectivity index (χ1) is 12.0. The molecule has 0 aromatic heterocycles. The molecule has 1 aliphatic carbocycles. The van der Waals surface area contributed by atoms with Crippen molar-refractivity contribution in [3.63, 3.8) is 0 Å². The fourth-order valence-electron chi connectivity index (χ4n) is 2.84. The number of carbonyl (C=O) groups is 1. The average Bonchev–Trinajstić information content (AvgIpc) is 3.44. The molecule has 25 heavy (non-hydrogen) atoms. The van der Waals surface area contributed by atoms with Crippen molar-refractivity contribution in [3.05, 3.63) is 69.4 Å². The highest BCUT2D eigenvalue weighted by Gasteiger charge is 2.28. The Morgan fingerprint density at radius 3 is 2.36 bits per heavy atom. The standard InChI is InChI=1S/C14H10BrFO.C7H15N/c1-9-2-7-13(15)12(8-9)14(17)10-3-5-11(16)6-4-10;1-3-7(8-2)6-4-5-6/h2-8H,1H3;6-8H,3-5H2,1-2H3. The van der Waals surface area contributed by atoms with Crippen LogP contribution in [0, 0.1) is 18.7 Å². The van der Waals surface area contributed by atoms with Gasteiger partial charge < -0.3 is 5.32 Å². The van der Waals surface area contributed by atoms with Gasteiger partial charge in [0.25, 0.3) is 0 Å². The molecule has 1 fully saturated rings. The first kappa shape index (κ1) is 19.8. The topological polar surface area (TPSA) is 29.1 Å². The molecule has 3 rings (SSSR count). The molecule has 2 aromatic rings. The maximum absolute atomic E-state index is 12.8. The molecular weight excluding hydrogens is 381 g/mol. The van der Waals surface area contributed by atoms with Gasteiger partial charge in [0, 0.05) is 21.6 Å². The third kappa shape index (κ3) is 5.75. The van der Waals surface area contributed by atoms with Gasteiger partial charge in [0.2, 0.25) is 0 Å². The Morgan fingerprint density at radius 1 is 1.24 bits per heavy atom. The Bertz CT molecular complexity index is 706. The van der Waals surface area contributed by atoms with E-state index >= 15 is 0 Å². The van der Waals surface area contributed by atoms with E-state index in [2.05, 4.69) is 35.2 Å². The van der Waals surface area contributed by atoms with Gasteiger partial charge in [-0.25, -0.2) is 4.39 Å². The number of aryl methyl sites for hydroxylation is 1.